The average molecular weight is 170 g/mol. The number of aromatic nitrogens is 1. The van der Waals surface area contributed by atoms with Crippen LogP contribution in [0.4, 0.5) is 0 Å². The first kappa shape index (κ1) is 8.68. The van der Waals surface area contributed by atoms with Crippen molar-refractivity contribution in [1.82, 2.24) is 9.88 Å². The molecular weight excluding hydrogens is 156 g/mol. The Kier molecular flexibility index (Phi) is 3.02. The van der Waals surface area contributed by atoms with E-state index in [9.17, 15) is 0 Å². The molecule has 0 fully saturated rings. The second-order valence-electron chi connectivity index (χ2n) is 2.79. The van der Waals surface area contributed by atoms with Crippen LogP contribution in [0.1, 0.15) is 11.7 Å². The van der Waals surface area contributed by atoms with Gasteiger partial charge < -0.3 is 9.88 Å². The van der Waals surface area contributed by atoms with Crippen molar-refractivity contribution in [3.8, 4) is 0 Å². The van der Waals surface area contributed by atoms with E-state index in [1.54, 1.807) is 0 Å². The monoisotopic (exact) mass is 170 g/mol. The maximum atomic E-state index is 4.28. The van der Waals surface area contributed by atoms with E-state index in [1.807, 2.05) is 12.3 Å². The molecule has 0 amide bonds. The van der Waals surface area contributed by atoms with Gasteiger partial charge in [-0.3, -0.25) is 0 Å². The molecule has 2 nitrogen and oxygen atoms in total. The van der Waals surface area contributed by atoms with Crippen molar-refractivity contribution >= 4 is 12.6 Å². The van der Waals surface area contributed by atoms with Gasteiger partial charge in [-0.25, -0.2) is 0 Å². The minimum Gasteiger partial charge on any atom is -0.364 e. The molecule has 0 aliphatic carbocycles. The van der Waals surface area contributed by atoms with Crippen LogP contribution in [0.5, 0.6) is 0 Å². The van der Waals surface area contributed by atoms with Crippen LogP contribution >= 0.6 is 12.6 Å². The standard InChI is InChI=1S/C8H14N2S/c1-10(2)8(6-11)7-4-3-5-9-7/h3-5,8-9,11H,6H2,1-2H3. The molecule has 1 aromatic rings. The Bertz CT molecular complexity index is 194. The second-order valence-corrected chi connectivity index (χ2v) is 3.15. The van der Waals surface area contributed by atoms with Crippen molar-refractivity contribution in [2.45, 2.75) is 6.04 Å². The van der Waals surface area contributed by atoms with E-state index >= 15 is 0 Å². The zero-order chi connectivity index (χ0) is 8.27. The van der Waals surface area contributed by atoms with E-state index in [2.05, 4.69) is 42.7 Å². The van der Waals surface area contributed by atoms with Gasteiger partial charge in [0.25, 0.3) is 0 Å². The number of nitrogens with zero attached hydrogens (tertiary/aromatic N) is 1. The Morgan fingerprint density at radius 3 is 2.73 bits per heavy atom. The van der Waals surface area contributed by atoms with Gasteiger partial charge >= 0.3 is 0 Å². The van der Waals surface area contributed by atoms with Crippen LogP contribution in [-0.4, -0.2) is 29.7 Å². The first-order valence-electron chi connectivity index (χ1n) is 3.66. The minimum atomic E-state index is 0.397. The fourth-order valence-electron chi connectivity index (χ4n) is 1.09. The van der Waals surface area contributed by atoms with Gasteiger partial charge in [-0.15, -0.1) is 0 Å². The summed E-state index contributed by atoms with van der Waals surface area (Å²) in [7, 11) is 4.11. The topological polar surface area (TPSA) is 19.0 Å². The highest BCUT2D eigenvalue weighted by Gasteiger charge is 2.11. The third-order valence-corrected chi connectivity index (χ3v) is 2.12. The lowest BCUT2D eigenvalue weighted by Crippen LogP contribution is -2.21. The minimum absolute atomic E-state index is 0.397. The molecule has 0 saturated carbocycles. The van der Waals surface area contributed by atoms with Crippen molar-refractivity contribution in [2.24, 2.45) is 0 Å². The van der Waals surface area contributed by atoms with Crippen LogP contribution in [0.15, 0.2) is 18.3 Å². The van der Waals surface area contributed by atoms with E-state index in [0.29, 0.717) is 6.04 Å². The van der Waals surface area contributed by atoms with Crippen LogP contribution in [0.25, 0.3) is 0 Å². The third-order valence-electron chi connectivity index (χ3n) is 1.78. The number of hydrogen-bond donors (Lipinski definition) is 2. The zero-order valence-corrected chi connectivity index (χ0v) is 7.81. The fraction of sp³-hybridized carbons (Fsp3) is 0.500. The Hall–Kier alpha value is -0.410. The molecular formula is C8H14N2S. The number of aromatic amines is 1. The predicted octanol–water partition coefficient (Wildman–Crippen LogP) is 1.55. The summed E-state index contributed by atoms with van der Waals surface area (Å²) in [6.07, 6.45) is 1.94. The molecule has 0 bridgehead atoms. The maximum Gasteiger partial charge on any atom is 0.0582 e. The van der Waals surface area contributed by atoms with Gasteiger partial charge in [0.1, 0.15) is 0 Å². The number of nitrogens with one attached hydrogen (secondary N) is 1. The first-order valence-corrected chi connectivity index (χ1v) is 4.29. The summed E-state index contributed by atoms with van der Waals surface area (Å²) in [5, 5.41) is 0. The van der Waals surface area contributed by atoms with Crippen molar-refractivity contribution < 1.29 is 0 Å². The van der Waals surface area contributed by atoms with E-state index in [0.717, 1.165) is 5.75 Å². The van der Waals surface area contributed by atoms with E-state index in [1.165, 1.54) is 5.69 Å². The number of hydrogen-bond acceptors (Lipinski definition) is 2. The summed E-state index contributed by atoms with van der Waals surface area (Å²) in [4.78, 5) is 5.33. The molecule has 0 aliphatic rings. The zero-order valence-electron chi connectivity index (χ0n) is 6.91. The summed E-state index contributed by atoms with van der Waals surface area (Å²) in [5.41, 5.74) is 1.23. The summed E-state index contributed by atoms with van der Waals surface area (Å²) in [6.45, 7) is 0. The lowest BCUT2D eigenvalue weighted by molar-refractivity contribution is 0.321. The SMILES string of the molecule is CN(C)C(CS)c1ccc[nH]1. The molecule has 1 atom stereocenters. The highest BCUT2D eigenvalue weighted by atomic mass is 32.1. The quantitative estimate of drug-likeness (QED) is 0.659. The number of rotatable bonds is 3. The van der Waals surface area contributed by atoms with Gasteiger partial charge in [0.2, 0.25) is 0 Å². The number of thiol groups is 1. The highest BCUT2D eigenvalue weighted by molar-refractivity contribution is 7.80. The van der Waals surface area contributed by atoms with Crippen LogP contribution in [0.2, 0.25) is 0 Å². The van der Waals surface area contributed by atoms with Crippen molar-refractivity contribution in [2.75, 3.05) is 19.8 Å². The Morgan fingerprint density at radius 1 is 1.64 bits per heavy atom. The largest absolute Gasteiger partial charge is 0.364 e. The highest BCUT2D eigenvalue weighted by Crippen LogP contribution is 2.16. The van der Waals surface area contributed by atoms with Crippen LogP contribution in [0.3, 0.4) is 0 Å². The van der Waals surface area contributed by atoms with Gasteiger partial charge in [-0.2, -0.15) is 12.6 Å². The molecule has 1 heterocycles. The van der Waals surface area contributed by atoms with Crippen LogP contribution in [0, 0.1) is 0 Å². The summed E-state index contributed by atoms with van der Waals surface area (Å²) in [6, 6.07) is 4.49. The maximum absolute atomic E-state index is 4.28. The molecule has 1 unspecified atom stereocenters. The van der Waals surface area contributed by atoms with Crippen molar-refractivity contribution in [3.63, 3.8) is 0 Å². The first-order chi connectivity index (χ1) is 5.25. The van der Waals surface area contributed by atoms with Crippen LogP contribution in [-0.2, 0) is 0 Å². The van der Waals surface area contributed by atoms with Crippen LogP contribution < -0.4 is 0 Å². The van der Waals surface area contributed by atoms with Gasteiger partial charge in [0.05, 0.1) is 6.04 Å². The molecule has 0 radical (unpaired) electrons. The Labute approximate surface area is 73.0 Å². The molecule has 62 valence electrons. The molecule has 0 aromatic carbocycles. The molecule has 11 heavy (non-hydrogen) atoms. The molecule has 1 aromatic heterocycles. The average Bonchev–Trinajstić information content (AvgIpc) is 2.40. The molecule has 3 heteroatoms. The van der Waals surface area contributed by atoms with Gasteiger partial charge in [-0.05, 0) is 26.2 Å². The normalized spacial score (nSPS) is 13.8. The molecule has 1 N–H and O–H groups in total. The lowest BCUT2D eigenvalue weighted by Gasteiger charge is -2.20. The van der Waals surface area contributed by atoms with E-state index in [4.69, 9.17) is 0 Å². The van der Waals surface area contributed by atoms with Gasteiger partial charge in [-0.1, -0.05) is 0 Å². The Balaban J connectivity index is 2.71. The molecule has 0 saturated heterocycles. The lowest BCUT2D eigenvalue weighted by atomic mass is 10.2. The van der Waals surface area contributed by atoms with Gasteiger partial charge in [0, 0.05) is 17.6 Å². The summed E-state index contributed by atoms with van der Waals surface area (Å²) >= 11 is 4.28. The van der Waals surface area contributed by atoms with Gasteiger partial charge in [0.15, 0.2) is 0 Å². The molecule has 0 aliphatic heterocycles. The summed E-state index contributed by atoms with van der Waals surface area (Å²) in [5.74, 6) is 0.841. The van der Waals surface area contributed by atoms with E-state index in [-0.39, 0.29) is 0 Å². The molecule has 0 spiro atoms. The third kappa shape index (κ3) is 2.01. The fourth-order valence-corrected chi connectivity index (χ4v) is 1.61. The van der Waals surface area contributed by atoms with Crippen molar-refractivity contribution in [3.05, 3.63) is 24.0 Å². The second kappa shape index (κ2) is 3.83. The summed E-state index contributed by atoms with van der Waals surface area (Å²) < 4.78 is 0. The Morgan fingerprint density at radius 2 is 2.36 bits per heavy atom. The smallest absolute Gasteiger partial charge is 0.0582 e. The predicted molar refractivity (Wildman–Crippen MR) is 51.1 cm³/mol. The van der Waals surface area contributed by atoms with E-state index < -0.39 is 0 Å². The molecule has 1 rings (SSSR count). The van der Waals surface area contributed by atoms with Crippen molar-refractivity contribution in [1.29, 1.82) is 0 Å². The number of H-pyrrole nitrogens is 1.